The number of rotatable bonds is 3. The van der Waals surface area contributed by atoms with Gasteiger partial charge in [-0.25, -0.2) is 9.97 Å². The predicted molar refractivity (Wildman–Crippen MR) is 86.3 cm³/mol. The molecule has 1 fully saturated rings. The molecule has 1 aliphatic heterocycles. The zero-order valence-corrected chi connectivity index (χ0v) is 13.5. The van der Waals surface area contributed by atoms with Crippen molar-refractivity contribution in [3.05, 3.63) is 40.5 Å². The van der Waals surface area contributed by atoms with Crippen molar-refractivity contribution >= 4 is 29.0 Å². The van der Waals surface area contributed by atoms with Gasteiger partial charge in [-0.15, -0.1) is 0 Å². The van der Waals surface area contributed by atoms with Gasteiger partial charge in [0.25, 0.3) is 0 Å². The number of anilines is 1. The number of imidazole rings is 1. The van der Waals surface area contributed by atoms with Crippen LogP contribution in [0.5, 0.6) is 0 Å². The summed E-state index contributed by atoms with van der Waals surface area (Å²) in [5, 5.41) is 1.19. The zero-order valence-electron chi connectivity index (χ0n) is 12.0. The Morgan fingerprint density at radius 2 is 2.00 bits per heavy atom. The molecule has 0 unspecified atom stereocenters. The van der Waals surface area contributed by atoms with Gasteiger partial charge < -0.3 is 9.47 Å². The van der Waals surface area contributed by atoms with E-state index >= 15 is 0 Å². The molecule has 0 bridgehead atoms. The van der Waals surface area contributed by atoms with Crippen LogP contribution in [-0.2, 0) is 6.54 Å². The summed E-state index contributed by atoms with van der Waals surface area (Å²) in [6.45, 7) is 5.00. The fourth-order valence-electron chi connectivity index (χ4n) is 2.94. The first-order valence-corrected chi connectivity index (χ1v) is 8.01. The Hall–Kier alpha value is -1.26. The molecule has 2 aromatic rings. The molecule has 112 valence electrons. The van der Waals surface area contributed by atoms with Gasteiger partial charge in [0.15, 0.2) is 0 Å². The third-order valence-electron chi connectivity index (χ3n) is 4.04. The number of aryl methyl sites for hydroxylation is 1. The highest BCUT2D eigenvalue weighted by Gasteiger charge is 2.25. The predicted octanol–water partition coefficient (Wildman–Crippen LogP) is 3.99. The summed E-state index contributed by atoms with van der Waals surface area (Å²) in [6.07, 6.45) is 7.73. The quantitative estimate of drug-likeness (QED) is 0.856. The van der Waals surface area contributed by atoms with Crippen molar-refractivity contribution in [2.24, 2.45) is 0 Å². The van der Waals surface area contributed by atoms with E-state index in [-0.39, 0.29) is 0 Å². The van der Waals surface area contributed by atoms with E-state index in [0.717, 1.165) is 38.3 Å². The highest BCUT2D eigenvalue weighted by molar-refractivity contribution is 6.36. The van der Waals surface area contributed by atoms with Crippen molar-refractivity contribution in [3.8, 4) is 0 Å². The fraction of sp³-hybridized carbons (Fsp3) is 0.467. The summed E-state index contributed by atoms with van der Waals surface area (Å²) in [5.41, 5.74) is 0. The van der Waals surface area contributed by atoms with Crippen molar-refractivity contribution in [1.82, 2.24) is 14.5 Å². The Bertz CT molecular complexity index is 618. The van der Waals surface area contributed by atoms with Crippen LogP contribution in [0.2, 0.25) is 10.0 Å². The molecule has 0 aliphatic carbocycles. The van der Waals surface area contributed by atoms with Crippen molar-refractivity contribution in [1.29, 1.82) is 0 Å². The van der Waals surface area contributed by atoms with Gasteiger partial charge in [-0.1, -0.05) is 23.2 Å². The Kier molecular flexibility index (Phi) is 4.36. The average Bonchev–Trinajstić information content (AvgIpc) is 2.96. The molecule has 0 spiro atoms. The van der Waals surface area contributed by atoms with Crippen molar-refractivity contribution in [3.63, 3.8) is 0 Å². The van der Waals surface area contributed by atoms with Gasteiger partial charge in [0.2, 0.25) is 0 Å². The second kappa shape index (κ2) is 6.24. The van der Waals surface area contributed by atoms with Crippen molar-refractivity contribution in [2.75, 3.05) is 18.0 Å². The van der Waals surface area contributed by atoms with Crippen LogP contribution in [0.15, 0.2) is 24.7 Å². The third-order valence-corrected chi connectivity index (χ3v) is 4.52. The van der Waals surface area contributed by atoms with E-state index in [9.17, 15) is 0 Å². The number of nitrogens with zero attached hydrogens (tertiary/aromatic N) is 4. The molecule has 0 amide bonds. The molecular weight excluding hydrogens is 307 g/mol. The fourth-order valence-corrected chi connectivity index (χ4v) is 3.44. The summed E-state index contributed by atoms with van der Waals surface area (Å²) in [6, 6.07) is 1.75. The zero-order chi connectivity index (χ0) is 14.8. The SMILES string of the molecule is CCn1ccnc1C1CCN(c2ncc(Cl)cc2Cl)CC1. The van der Waals surface area contributed by atoms with Crippen LogP contribution in [0.4, 0.5) is 5.82 Å². The van der Waals surface area contributed by atoms with Crippen molar-refractivity contribution in [2.45, 2.75) is 32.2 Å². The summed E-state index contributed by atoms with van der Waals surface area (Å²) >= 11 is 12.1. The maximum atomic E-state index is 6.24. The normalized spacial score (nSPS) is 16.4. The molecule has 6 heteroatoms. The Morgan fingerprint density at radius 3 is 2.67 bits per heavy atom. The molecule has 0 aromatic carbocycles. The van der Waals surface area contributed by atoms with E-state index in [0.29, 0.717) is 16.0 Å². The Labute approximate surface area is 134 Å². The monoisotopic (exact) mass is 324 g/mol. The van der Waals surface area contributed by atoms with E-state index in [2.05, 4.69) is 32.6 Å². The lowest BCUT2D eigenvalue weighted by atomic mass is 9.96. The number of halogens is 2. The highest BCUT2D eigenvalue weighted by atomic mass is 35.5. The Morgan fingerprint density at radius 1 is 1.24 bits per heavy atom. The van der Waals surface area contributed by atoms with Crippen LogP contribution < -0.4 is 4.90 Å². The van der Waals surface area contributed by atoms with Gasteiger partial charge in [-0.05, 0) is 25.8 Å². The lowest BCUT2D eigenvalue weighted by molar-refractivity contribution is 0.466. The maximum absolute atomic E-state index is 6.24. The molecule has 0 atom stereocenters. The number of pyridine rings is 1. The largest absolute Gasteiger partial charge is 0.355 e. The van der Waals surface area contributed by atoms with Crippen LogP contribution in [0.25, 0.3) is 0 Å². The summed E-state index contributed by atoms with van der Waals surface area (Å²) in [7, 11) is 0. The van der Waals surface area contributed by atoms with E-state index in [4.69, 9.17) is 23.2 Å². The summed E-state index contributed by atoms with van der Waals surface area (Å²) in [5.74, 6) is 2.55. The molecular formula is C15H18Cl2N4. The number of hydrogen-bond acceptors (Lipinski definition) is 3. The van der Waals surface area contributed by atoms with Gasteiger partial charge in [-0.2, -0.15) is 0 Å². The maximum Gasteiger partial charge on any atom is 0.147 e. The van der Waals surface area contributed by atoms with Gasteiger partial charge in [0.05, 0.1) is 10.0 Å². The molecule has 0 saturated carbocycles. The standard InChI is InChI=1S/C15H18Cl2N4/c1-2-20-8-5-18-14(20)11-3-6-21(7-4-11)15-13(17)9-12(16)10-19-15/h5,8-11H,2-4,6-7H2,1H3. The number of piperidine rings is 1. The van der Waals surface area contributed by atoms with E-state index < -0.39 is 0 Å². The average molecular weight is 325 g/mol. The summed E-state index contributed by atoms with van der Waals surface area (Å²) in [4.78, 5) is 11.1. The van der Waals surface area contributed by atoms with Crippen LogP contribution >= 0.6 is 23.2 Å². The van der Waals surface area contributed by atoms with E-state index in [1.165, 1.54) is 5.82 Å². The molecule has 3 heterocycles. The first-order valence-electron chi connectivity index (χ1n) is 7.26. The Balaban J connectivity index is 1.70. The van der Waals surface area contributed by atoms with Crippen LogP contribution in [0, 0.1) is 0 Å². The minimum atomic E-state index is 0.516. The highest BCUT2D eigenvalue weighted by Crippen LogP contribution is 2.32. The van der Waals surface area contributed by atoms with Gasteiger partial charge in [0.1, 0.15) is 11.6 Å². The summed E-state index contributed by atoms with van der Waals surface area (Å²) < 4.78 is 2.23. The van der Waals surface area contributed by atoms with E-state index in [1.54, 1.807) is 12.3 Å². The molecule has 2 aromatic heterocycles. The second-order valence-corrected chi connectivity index (χ2v) is 6.14. The van der Waals surface area contributed by atoms with Gasteiger partial charge >= 0.3 is 0 Å². The van der Waals surface area contributed by atoms with Crippen LogP contribution in [0.3, 0.4) is 0 Å². The van der Waals surface area contributed by atoms with Crippen LogP contribution in [0.1, 0.15) is 31.5 Å². The van der Waals surface area contributed by atoms with Gasteiger partial charge in [-0.3, -0.25) is 0 Å². The lowest BCUT2D eigenvalue weighted by Crippen LogP contribution is -2.34. The number of aromatic nitrogens is 3. The number of hydrogen-bond donors (Lipinski definition) is 0. The topological polar surface area (TPSA) is 34.0 Å². The van der Waals surface area contributed by atoms with Crippen molar-refractivity contribution < 1.29 is 0 Å². The molecule has 1 aliphatic rings. The molecule has 0 radical (unpaired) electrons. The lowest BCUT2D eigenvalue weighted by Gasteiger charge is -2.33. The molecule has 3 rings (SSSR count). The first-order chi connectivity index (χ1) is 10.2. The minimum absolute atomic E-state index is 0.516. The molecule has 21 heavy (non-hydrogen) atoms. The molecule has 0 N–H and O–H groups in total. The second-order valence-electron chi connectivity index (χ2n) is 5.29. The van der Waals surface area contributed by atoms with Crippen LogP contribution in [-0.4, -0.2) is 27.6 Å². The van der Waals surface area contributed by atoms with Gasteiger partial charge in [0, 0.05) is 44.1 Å². The van der Waals surface area contributed by atoms with E-state index in [1.807, 2.05) is 6.20 Å². The molecule has 4 nitrogen and oxygen atoms in total. The first kappa shape index (κ1) is 14.7. The smallest absolute Gasteiger partial charge is 0.147 e. The molecule has 1 saturated heterocycles. The third kappa shape index (κ3) is 3.01. The minimum Gasteiger partial charge on any atom is -0.355 e.